The van der Waals surface area contributed by atoms with Gasteiger partial charge in [-0.1, -0.05) is 48.9 Å². The monoisotopic (exact) mass is 540 g/mol. The molecule has 1 unspecified atom stereocenters. The van der Waals surface area contributed by atoms with Gasteiger partial charge in [0.1, 0.15) is 23.1 Å². The van der Waals surface area contributed by atoms with Crippen LogP contribution in [0, 0.1) is 6.92 Å². The van der Waals surface area contributed by atoms with Crippen molar-refractivity contribution < 1.29 is 14.3 Å². The van der Waals surface area contributed by atoms with Crippen LogP contribution >= 0.6 is 11.3 Å². The van der Waals surface area contributed by atoms with Gasteiger partial charge in [0.05, 0.1) is 6.04 Å². The highest BCUT2D eigenvalue weighted by Crippen LogP contribution is 2.37. The molecule has 0 bridgehead atoms. The average molecular weight is 541 g/mol. The standard InChI is InChI=1S/C31H32N4O3S/c1-3-29(36)35-17-14-22-11-12-25(18-26(22)30(35)23-9-7-21(2)8-10-23)38-19-28-34-27(20-39-28)31(37)33-16-13-24-6-4-5-15-32-24/h4-12,15,18,20,30H,3,13-14,16-17,19H2,1-2H3,(H,33,37). The molecule has 2 amide bonds. The minimum absolute atomic E-state index is 0.145. The minimum atomic E-state index is -0.205. The van der Waals surface area contributed by atoms with Crippen molar-refractivity contribution >= 4 is 23.2 Å². The van der Waals surface area contributed by atoms with Crippen LogP contribution in [0.25, 0.3) is 0 Å². The van der Waals surface area contributed by atoms with Crippen molar-refractivity contribution in [1.29, 1.82) is 0 Å². The Kier molecular flexibility index (Phi) is 8.32. The van der Waals surface area contributed by atoms with Crippen LogP contribution in [0.2, 0.25) is 0 Å². The fraction of sp³-hybridized carbons (Fsp3) is 0.290. The van der Waals surface area contributed by atoms with E-state index in [4.69, 9.17) is 4.74 Å². The fourth-order valence-electron chi connectivity index (χ4n) is 4.83. The molecule has 3 heterocycles. The number of carbonyl (C=O) groups excluding carboxylic acids is 2. The van der Waals surface area contributed by atoms with Gasteiger partial charge in [-0.25, -0.2) is 4.98 Å². The first-order valence-corrected chi connectivity index (χ1v) is 14.1. The van der Waals surface area contributed by atoms with Gasteiger partial charge in [0.2, 0.25) is 5.91 Å². The zero-order valence-electron chi connectivity index (χ0n) is 22.2. The van der Waals surface area contributed by atoms with Crippen molar-refractivity contribution in [2.75, 3.05) is 13.1 Å². The van der Waals surface area contributed by atoms with Crippen molar-refractivity contribution in [2.24, 2.45) is 0 Å². The quantitative estimate of drug-likeness (QED) is 0.312. The van der Waals surface area contributed by atoms with Crippen molar-refractivity contribution in [3.63, 3.8) is 0 Å². The number of nitrogens with one attached hydrogen (secondary N) is 1. The Labute approximate surface area is 232 Å². The minimum Gasteiger partial charge on any atom is -0.486 e. The second-order valence-corrected chi connectivity index (χ2v) is 10.5. The highest BCUT2D eigenvalue weighted by atomic mass is 32.1. The topological polar surface area (TPSA) is 84.4 Å². The van der Waals surface area contributed by atoms with Gasteiger partial charge in [-0.15, -0.1) is 11.3 Å². The summed E-state index contributed by atoms with van der Waals surface area (Å²) in [6, 6.07) is 20.1. The lowest BCUT2D eigenvalue weighted by Gasteiger charge is -2.38. The van der Waals surface area contributed by atoms with Gasteiger partial charge in [0.25, 0.3) is 5.91 Å². The van der Waals surface area contributed by atoms with E-state index in [0.717, 1.165) is 28.2 Å². The first-order valence-electron chi connectivity index (χ1n) is 13.3. The van der Waals surface area contributed by atoms with Crippen LogP contribution in [-0.4, -0.2) is 39.8 Å². The van der Waals surface area contributed by atoms with Crippen LogP contribution < -0.4 is 10.1 Å². The highest BCUT2D eigenvalue weighted by molar-refractivity contribution is 7.09. The molecule has 1 aliphatic heterocycles. The fourth-order valence-corrected chi connectivity index (χ4v) is 5.52. The molecule has 0 saturated carbocycles. The Balaban J connectivity index is 1.26. The molecule has 4 aromatic rings. The molecule has 1 atom stereocenters. The van der Waals surface area contributed by atoms with Crippen molar-refractivity contribution in [3.8, 4) is 5.75 Å². The first-order chi connectivity index (χ1) is 19.0. The molecule has 1 N–H and O–H groups in total. The number of aromatic nitrogens is 2. The summed E-state index contributed by atoms with van der Waals surface area (Å²) in [6.45, 7) is 5.43. The van der Waals surface area contributed by atoms with Gasteiger partial charge in [0, 0.05) is 43.2 Å². The van der Waals surface area contributed by atoms with Crippen molar-refractivity contribution in [2.45, 2.75) is 45.8 Å². The molecule has 2 aromatic heterocycles. The van der Waals surface area contributed by atoms with E-state index in [-0.39, 0.29) is 24.5 Å². The number of fused-ring (bicyclic) bond motifs is 1. The van der Waals surface area contributed by atoms with Crippen molar-refractivity contribution in [1.82, 2.24) is 20.2 Å². The summed E-state index contributed by atoms with van der Waals surface area (Å²) in [6.07, 6.45) is 3.69. The number of benzene rings is 2. The van der Waals surface area contributed by atoms with E-state index in [0.29, 0.717) is 37.4 Å². The van der Waals surface area contributed by atoms with E-state index in [1.165, 1.54) is 22.5 Å². The van der Waals surface area contributed by atoms with Gasteiger partial charge >= 0.3 is 0 Å². The highest BCUT2D eigenvalue weighted by Gasteiger charge is 2.31. The van der Waals surface area contributed by atoms with E-state index in [1.54, 1.807) is 11.6 Å². The lowest BCUT2D eigenvalue weighted by molar-refractivity contribution is -0.132. The van der Waals surface area contributed by atoms with Crippen LogP contribution in [0.4, 0.5) is 0 Å². The molecule has 0 radical (unpaired) electrons. The zero-order valence-corrected chi connectivity index (χ0v) is 23.0. The Bertz CT molecular complexity index is 1440. The first kappa shape index (κ1) is 26.6. The Morgan fingerprint density at radius 3 is 2.74 bits per heavy atom. The maximum Gasteiger partial charge on any atom is 0.270 e. The molecular formula is C31H32N4O3S. The van der Waals surface area contributed by atoms with Gasteiger partial charge in [0.15, 0.2) is 0 Å². The molecule has 0 spiro atoms. The third kappa shape index (κ3) is 6.34. The summed E-state index contributed by atoms with van der Waals surface area (Å²) >= 11 is 1.40. The summed E-state index contributed by atoms with van der Waals surface area (Å²) < 4.78 is 6.12. The summed E-state index contributed by atoms with van der Waals surface area (Å²) in [5, 5.41) is 5.38. The van der Waals surface area contributed by atoms with Crippen LogP contribution in [-0.2, 0) is 24.2 Å². The Morgan fingerprint density at radius 1 is 1.13 bits per heavy atom. The van der Waals surface area contributed by atoms with Crippen molar-refractivity contribution in [3.05, 3.63) is 111 Å². The predicted octanol–water partition coefficient (Wildman–Crippen LogP) is 5.28. The molecule has 0 saturated heterocycles. The zero-order chi connectivity index (χ0) is 27.2. The molecule has 5 rings (SSSR count). The molecular weight excluding hydrogens is 508 g/mol. The number of amides is 2. The normalized spacial score (nSPS) is 14.5. The second-order valence-electron chi connectivity index (χ2n) is 9.61. The van der Waals surface area contributed by atoms with Gasteiger partial charge < -0.3 is 15.0 Å². The number of carbonyl (C=O) groups is 2. The van der Waals surface area contributed by atoms with Crippen LogP contribution in [0.15, 0.2) is 72.2 Å². The van der Waals surface area contributed by atoms with E-state index in [1.807, 2.05) is 42.2 Å². The van der Waals surface area contributed by atoms with Gasteiger partial charge in [-0.2, -0.15) is 0 Å². The number of rotatable bonds is 9. The molecule has 1 aliphatic rings. The summed E-state index contributed by atoms with van der Waals surface area (Å²) in [5.41, 5.74) is 5.92. The molecule has 0 aliphatic carbocycles. The number of hydrogen-bond donors (Lipinski definition) is 1. The van der Waals surface area contributed by atoms with Crippen LogP contribution in [0.3, 0.4) is 0 Å². The molecule has 0 fully saturated rings. The molecule has 8 heteroatoms. The second kappa shape index (κ2) is 12.2. The van der Waals surface area contributed by atoms with Gasteiger partial charge in [-0.3, -0.25) is 14.6 Å². The number of ether oxygens (including phenoxy) is 1. The number of aryl methyl sites for hydroxylation is 1. The predicted molar refractivity (Wildman–Crippen MR) is 152 cm³/mol. The Morgan fingerprint density at radius 2 is 1.97 bits per heavy atom. The number of thiazole rings is 1. The average Bonchev–Trinajstić information content (AvgIpc) is 3.45. The number of pyridine rings is 1. The van der Waals surface area contributed by atoms with Gasteiger partial charge in [-0.05, 0) is 54.3 Å². The number of nitrogens with zero attached hydrogens (tertiary/aromatic N) is 3. The maximum absolute atomic E-state index is 12.9. The maximum atomic E-state index is 12.9. The lowest BCUT2D eigenvalue weighted by Crippen LogP contribution is -2.40. The Hall–Kier alpha value is -4.04. The third-order valence-corrected chi connectivity index (χ3v) is 7.72. The van der Waals surface area contributed by atoms with E-state index >= 15 is 0 Å². The SMILES string of the molecule is CCC(=O)N1CCc2ccc(OCc3nc(C(=O)NCCc4ccccn4)cs3)cc2C1c1ccc(C)cc1. The summed E-state index contributed by atoms with van der Waals surface area (Å²) in [7, 11) is 0. The largest absolute Gasteiger partial charge is 0.486 e. The molecule has 7 nitrogen and oxygen atoms in total. The molecule has 2 aromatic carbocycles. The summed E-state index contributed by atoms with van der Waals surface area (Å²) in [5.74, 6) is 0.656. The van der Waals surface area contributed by atoms with E-state index in [9.17, 15) is 9.59 Å². The molecule has 200 valence electrons. The van der Waals surface area contributed by atoms with E-state index in [2.05, 4.69) is 52.5 Å². The number of hydrogen-bond acceptors (Lipinski definition) is 6. The molecule has 39 heavy (non-hydrogen) atoms. The lowest BCUT2D eigenvalue weighted by atomic mass is 9.87. The summed E-state index contributed by atoms with van der Waals surface area (Å²) in [4.78, 5) is 36.1. The smallest absolute Gasteiger partial charge is 0.270 e. The van der Waals surface area contributed by atoms with Crippen LogP contribution in [0.5, 0.6) is 5.75 Å². The third-order valence-electron chi connectivity index (χ3n) is 6.90. The van der Waals surface area contributed by atoms with Crippen LogP contribution in [0.1, 0.15) is 62.8 Å². The van der Waals surface area contributed by atoms with E-state index < -0.39 is 0 Å².